The standard InChI is InChI=1S/C12H22O5.Ti/c1-7(2)16-12(6,17-8(3)4)10(9(5)13)11(14)15;/h7-8,10H,1-6H3,(H,14,15);. The Hall–Kier alpha value is -0.226. The molecular weight excluding hydrogens is 272 g/mol. The topological polar surface area (TPSA) is 72.8 Å². The average molecular weight is 294 g/mol. The number of aliphatic carboxylic acids is 1. The molecule has 0 rings (SSSR count). The molecule has 5 nitrogen and oxygen atoms in total. The molecule has 0 saturated heterocycles. The second-order valence-electron chi connectivity index (χ2n) is 4.73. The number of ketones is 1. The summed E-state index contributed by atoms with van der Waals surface area (Å²) in [5.41, 5.74) is 0. The Morgan fingerprint density at radius 3 is 1.56 bits per heavy atom. The van der Waals surface area contributed by atoms with Gasteiger partial charge in [-0.3, -0.25) is 9.59 Å². The van der Waals surface area contributed by atoms with Crippen molar-refractivity contribution in [3.8, 4) is 0 Å². The molecule has 0 bridgehead atoms. The molecule has 18 heavy (non-hydrogen) atoms. The first-order valence-electron chi connectivity index (χ1n) is 5.69. The maximum atomic E-state index is 11.5. The minimum Gasteiger partial charge on any atom is -0.481 e. The van der Waals surface area contributed by atoms with E-state index in [1.807, 2.05) is 0 Å². The summed E-state index contributed by atoms with van der Waals surface area (Å²) in [7, 11) is 0. The fourth-order valence-electron chi connectivity index (χ4n) is 1.87. The van der Waals surface area contributed by atoms with Crippen LogP contribution < -0.4 is 0 Å². The summed E-state index contributed by atoms with van der Waals surface area (Å²) in [4.78, 5) is 22.6. The van der Waals surface area contributed by atoms with Crippen LogP contribution in [0, 0.1) is 5.92 Å². The summed E-state index contributed by atoms with van der Waals surface area (Å²) in [6, 6.07) is 0. The van der Waals surface area contributed by atoms with Crippen molar-refractivity contribution in [3.05, 3.63) is 0 Å². The molecular formula is C12H22O5Ti. The first-order chi connectivity index (χ1) is 7.60. The monoisotopic (exact) mass is 294 g/mol. The van der Waals surface area contributed by atoms with Crippen molar-refractivity contribution >= 4 is 11.8 Å². The minimum absolute atomic E-state index is 0. The number of ether oxygens (including phenoxy) is 2. The Bertz CT molecular complexity index is 264. The molecule has 0 aliphatic rings. The largest absolute Gasteiger partial charge is 0.481 e. The second kappa shape index (κ2) is 8.05. The SMILES string of the molecule is CC(=O)C(C(=O)O)C(C)(OC(C)C)OC(C)C.[Ti]. The summed E-state index contributed by atoms with van der Waals surface area (Å²) in [6.07, 6.45) is -0.472. The quantitative estimate of drug-likeness (QED) is 0.440. The van der Waals surface area contributed by atoms with Crippen LogP contribution in [0.5, 0.6) is 0 Å². The summed E-state index contributed by atoms with van der Waals surface area (Å²) >= 11 is 0. The van der Waals surface area contributed by atoms with Gasteiger partial charge in [0.25, 0.3) is 0 Å². The molecule has 1 atom stereocenters. The second-order valence-corrected chi connectivity index (χ2v) is 4.73. The Labute approximate surface area is 123 Å². The van der Waals surface area contributed by atoms with Crippen LogP contribution >= 0.6 is 0 Å². The Morgan fingerprint density at radius 2 is 1.39 bits per heavy atom. The third kappa shape index (κ3) is 6.09. The fraction of sp³-hybridized carbons (Fsp3) is 0.833. The number of carboxylic acids is 1. The minimum atomic E-state index is -1.44. The van der Waals surface area contributed by atoms with Crippen LogP contribution in [-0.2, 0) is 40.8 Å². The summed E-state index contributed by atoms with van der Waals surface area (Å²) < 4.78 is 11.0. The first-order valence-corrected chi connectivity index (χ1v) is 5.69. The molecule has 0 aliphatic heterocycles. The molecule has 0 radical (unpaired) electrons. The average Bonchev–Trinajstić information content (AvgIpc) is 1.95. The molecule has 1 unspecified atom stereocenters. The molecule has 0 fully saturated rings. The number of rotatable bonds is 7. The number of hydrogen-bond acceptors (Lipinski definition) is 4. The van der Waals surface area contributed by atoms with E-state index in [0.29, 0.717) is 0 Å². The van der Waals surface area contributed by atoms with Crippen LogP contribution in [0.25, 0.3) is 0 Å². The fourth-order valence-corrected chi connectivity index (χ4v) is 1.87. The van der Waals surface area contributed by atoms with Crippen molar-refractivity contribution in [1.29, 1.82) is 0 Å². The number of Topliss-reactive ketones (excluding diaryl/α,β-unsaturated/α-hetero) is 1. The molecule has 1 N–H and O–H groups in total. The molecule has 0 heterocycles. The van der Waals surface area contributed by atoms with Crippen molar-refractivity contribution in [3.63, 3.8) is 0 Å². The number of carbonyl (C=O) groups is 2. The smallest absolute Gasteiger partial charge is 0.319 e. The summed E-state index contributed by atoms with van der Waals surface area (Å²) in [6.45, 7) is 9.78. The van der Waals surface area contributed by atoms with Gasteiger partial charge in [-0.15, -0.1) is 0 Å². The molecule has 0 amide bonds. The van der Waals surface area contributed by atoms with E-state index >= 15 is 0 Å². The normalized spacial score (nSPS) is 13.3. The van der Waals surface area contributed by atoms with Crippen molar-refractivity contribution < 1.29 is 45.9 Å². The van der Waals surface area contributed by atoms with Gasteiger partial charge in [-0.05, 0) is 41.5 Å². The summed E-state index contributed by atoms with van der Waals surface area (Å²) in [5.74, 6) is -4.49. The first kappa shape index (κ1) is 20.1. The van der Waals surface area contributed by atoms with Gasteiger partial charge in [0.15, 0.2) is 11.7 Å². The molecule has 0 aliphatic carbocycles. The number of carbonyl (C=O) groups excluding carboxylic acids is 1. The van der Waals surface area contributed by atoms with Gasteiger partial charge in [-0.2, -0.15) is 0 Å². The predicted molar refractivity (Wildman–Crippen MR) is 62.7 cm³/mol. The van der Waals surface area contributed by atoms with Gasteiger partial charge in [0.1, 0.15) is 5.78 Å². The molecule has 104 valence electrons. The number of carboxylic acid groups (broad SMARTS) is 1. The molecule has 0 aromatic heterocycles. The Kier molecular flexibility index (Phi) is 8.99. The van der Waals surface area contributed by atoms with E-state index in [4.69, 9.17) is 14.6 Å². The molecule has 0 spiro atoms. The zero-order chi connectivity index (χ0) is 13.8. The van der Waals surface area contributed by atoms with Crippen molar-refractivity contribution in [1.82, 2.24) is 0 Å². The van der Waals surface area contributed by atoms with E-state index < -0.39 is 23.5 Å². The Balaban J connectivity index is 0. The molecule has 0 saturated carbocycles. The molecule has 0 aromatic carbocycles. The summed E-state index contributed by atoms with van der Waals surface area (Å²) in [5, 5.41) is 9.12. The Morgan fingerprint density at radius 1 is 1.06 bits per heavy atom. The van der Waals surface area contributed by atoms with E-state index in [-0.39, 0.29) is 33.9 Å². The van der Waals surface area contributed by atoms with Gasteiger partial charge in [-0.1, -0.05) is 0 Å². The van der Waals surface area contributed by atoms with Gasteiger partial charge >= 0.3 is 5.97 Å². The third-order valence-corrected chi connectivity index (χ3v) is 2.12. The van der Waals surface area contributed by atoms with E-state index in [0.717, 1.165) is 0 Å². The molecule has 6 heteroatoms. The van der Waals surface area contributed by atoms with Crippen LogP contribution in [0.3, 0.4) is 0 Å². The zero-order valence-electron chi connectivity index (χ0n) is 11.8. The van der Waals surface area contributed by atoms with Gasteiger partial charge in [0.2, 0.25) is 0 Å². The van der Waals surface area contributed by atoms with Gasteiger partial charge in [0, 0.05) is 21.7 Å². The van der Waals surface area contributed by atoms with Crippen LogP contribution in [0.4, 0.5) is 0 Å². The van der Waals surface area contributed by atoms with Crippen molar-refractivity contribution in [2.45, 2.75) is 59.5 Å². The van der Waals surface area contributed by atoms with E-state index in [2.05, 4.69) is 0 Å². The van der Waals surface area contributed by atoms with Crippen LogP contribution in [0.15, 0.2) is 0 Å². The van der Waals surface area contributed by atoms with E-state index in [1.54, 1.807) is 27.7 Å². The predicted octanol–water partition coefficient (Wildman–Crippen LogP) is 1.84. The zero-order valence-corrected chi connectivity index (χ0v) is 13.4. The van der Waals surface area contributed by atoms with Gasteiger partial charge < -0.3 is 14.6 Å². The molecule has 0 aromatic rings. The van der Waals surface area contributed by atoms with Crippen LogP contribution in [0.1, 0.15) is 41.5 Å². The van der Waals surface area contributed by atoms with Crippen molar-refractivity contribution in [2.75, 3.05) is 0 Å². The number of hydrogen-bond donors (Lipinski definition) is 1. The maximum absolute atomic E-state index is 11.5. The van der Waals surface area contributed by atoms with Gasteiger partial charge in [-0.25, -0.2) is 0 Å². The van der Waals surface area contributed by atoms with E-state index in [1.165, 1.54) is 13.8 Å². The van der Waals surface area contributed by atoms with Crippen LogP contribution in [-0.4, -0.2) is 34.9 Å². The van der Waals surface area contributed by atoms with Crippen LogP contribution in [0.2, 0.25) is 0 Å². The maximum Gasteiger partial charge on any atom is 0.319 e. The van der Waals surface area contributed by atoms with Gasteiger partial charge in [0.05, 0.1) is 12.2 Å². The van der Waals surface area contributed by atoms with Crippen molar-refractivity contribution in [2.24, 2.45) is 5.92 Å². The van der Waals surface area contributed by atoms with E-state index in [9.17, 15) is 9.59 Å². The third-order valence-electron chi connectivity index (χ3n) is 2.12.